The van der Waals surface area contributed by atoms with E-state index in [1.54, 1.807) is 6.20 Å². The van der Waals surface area contributed by atoms with Gasteiger partial charge in [0, 0.05) is 12.6 Å². The maximum absolute atomic E-state index is 11.9. The summed E-state index contributed by atoms with van der Waals surface area (Å²) in [6.07, 6.45) is 4.27. The Balaban J connectivity index is 2.34. The van der Waals surface area contributed by atoms with Crippen LogP contribution in [-0.4, -0.2) is 29.8 Å². The molecule has 1 aliphatic rings. The Morgan fingerprint density at radius 2 is 2.10 bits per heavy atom. The van der Waals surface area contributed by atoms with E-state index in [0.717, 1.165) is 5.56 Å². The van der Waals surface area contributed by atoms with Crippen LogP contribution in [0.5, 0.6) is 0 Å². The molecular weight excluding hydrogens is 254 g/mol. The first kappa shape index (κ1) is 14.3. The second-order valence-electron chi connectivity index (χ2n) is 4.81. The van der Waals surface area contributed by atoms with Crippen molar-refractivity contribution in [3.8, 4) is 0 Å². The van der Waals surface area contributed by atoms with Gasteiger partial charge in [-0.25, -0.2) is 4.79 Å². The van der Waals surface area contributed by atoms with Crippen LogP contribution in [0, 0.1) is 0 Å². The summed E-state index contributed by atoms with van der Waals surface area (Å²) < 4.78 is 4.87. The van der Waals surface area contributed by atoms with Crippen molar-refractivity contribution in [3.05, 3.63) is 48.2 Å². The summed E-state index contributed by atoms with van der Waals surface area (Å²) in [5.74, 6) is -0.192. The zero-order chi connectivity index (χ0) is 14.5. The van der Waals surface area contributed by atoms with Gasteiger partial charge in [-0.05, 0) is 18.1 Å². The molecule has 0 aliphatic carbocycles. The van der Waals surface area contributed by atoms with Crippen LogP contribution in [0.25, 0.3) is 0 Å². The van der Waals surface area contributed by atoms with Crippen LogP contribution in [0.15, 0.2) is 42.6 Å². The molecule has 0 bridgehead atoms. The number of ketones is 1. The highest BCUT2D eigenvalue weighted by atomic mass is 16.5. The largest absolute Gasteiger partial charge is 0.467 e. The fourth-order valence-electron chi connectivity index (χ4n) is 2.56. The van der Waals surface area contributed by atoms with Crippen molar-refractivity contribution >= 4 is 11.8 Å². The number of ether oxygens (including phenoxy) is 1. The average Bonchev–Trinajstić information content (AvgIpc) is 2.50. The lowest BCUT2D eigenvalue weighted by Crippen LogP contribution is -2.42. The molecule has 0 saturated heterocycles. The standard InChI is InChI=1S/C16H19NO3/c1-3-14(16(19)20-2)17-10-9-13(18)11-15(17)12-7-5-4-6-8-12/h4-10,14-15H,3,11H2,1-2H3/t14?,15-/m1/s1. The Hall–Kier alpha value is -2.10. The summed E-state index contributed by atoms with van der Waals surface area (Å²) in [6.45, 7) is 1.94. The Kier molecular flexibility index (Phi) is 4.56. The van der Waals surface area contributed by atoms with Gasteiger partial charge in [0.05, 0.1) is 13.2 Å². The van der Waals surface area contributed by atoms with Crippen molar-refractivity contribution < 1.29 is 14.3 Å². The third-order valence-electron chi connectivity index (χ3n) is 3.59. The molecule has 0 amide bonds. The zero-order valence-corrected chi connectivity index (χ0v) is 11.8. The van der Waals surface area contributed by atoms with E-state index in [1.165, 1.54) is 13.2 Å². The van der Waals surface area contributed by atoms with E-state index in [2.05, 4.69) is 0 Å². The van der Waals surface area contributed by atoms with Crippen LogP contribution in [0.3, 0.4) is 0 Å². The lowest BCUT2D eigenvalue weighted by Gasteiger charge is -2.37. The van der Waals surface area contributed by atoms with Crippen molar-refractivity contribution in [1.29, 1.82) is 0 Å². The minimum atomic E-state index is -0.366. The van der Waals surface area contributed by atoms with E-state index in [-0.39, 0.29) is 23.8 Å². The molecule has 20 heavy (non-hydrogen) atoms. The highest BCUT2D eigenvalue weighted by molar-refractivity contribution is 5.91. The number of allylic oxidation sites excluding steroid dienone is 1. The third-order valence-corrected chi connectivity index (χ3v) is 3.59. The van der Waals surface area contributed by atoms with Gasteiger partial charge in [-0.1, -0.05) is 37.3 Å². The average molecular weight is 273 g/mol. The third kappa shape index (κ3) is 2.90. The summed E-state index contributed by atoms with van der Waals surface area (Å²) in [5, 5.41) is 0. The summed E-state index contributed by atoms with van der Waals surface area (Å²) in [5.41, 5.74) is 1.03. The molecule has 1 aliphatic heterocycles. The molecule has 106 valence electrons. The molecule has 0 fully saturated rings. The van der Waals surface area contributed by atoms with Crippen LogP contribution in [0.2, 0.25) is 0 Å². The van der Waals surface area contributed by atoms with E-state index in [4.69, 9.17) is 4.74 Å². The fraction of sp³-hybridized carbons (Fsp3) is 0.375. The van der Waals surface area contributed by atoms with Gasteiger partial charge in [0.2, 0.25) is 0 Å². The van der Waals surface area contributed by atoms with Crippen molar-refractivity contribution in [2.24, 2.45) is 0 Å². The zero-order valence-electron chi connectivity index (χ0n) is 11.8. The molecule has 0 N–H and O–H groups in total. The van der Waals surface area contributed by atoms with Crippen molar-refractivity contribution in [2.75, 3.05) is 7.11 Å². The number of hydrogen-bond acceptors (Lipinski definition) is 4. The molecule has 0 saturated carbocycles. The molecule has 0 spiro atoms. The van der Waals surface area contributed by atoms with Gasteiger partial charge < -0.3 is 9.64 Å². The second-order valence-corrected chi connectivity index (χ2v) is 4.81. The van der Waals surface area contributed by atoms with Crippen LogP contribution < -0.4 is 0 Å². The van der Waals surface area contributed by atoms with Gasteiger partial charge in [0.1, 0.15) is 6.04 Å². The molecule has 0 aromatic heterocycles. The number of benzene rings is 1. The number of esters is 1. The summed E-state index contributed by atoms with van der Waals surface area (Å²) >= 11 is 0. The second kappa shape index (κ2) is 6.37. The quantitative estimate of drug-likeness (QED) is 0.791. The number of nitrogens with zero attached hydrogens (tertiary/aromatic N) is 1. The molecule has 1 heterocycles. The molecule has 4 nitrogen and oxygen atoms in total. The molecule has 2 atom stereocenters. The van der Waals surface area contributed by atoms with Gasteiger partial charge >= 0.3 is 5.97 Å². The van der Waals surface area contributed by atoms with Gasteiger partial charge in [-0.2, -0.15) is 0 Å². The van der Waals surface area contributed by atoms with Crippen molar-refractivity contribution in [3.63, 3.8) is 0 Å². The van der Waals surface area contributed by atoms with Crippen LogP contribution in [0.4, 0.5) is 0 Å². The minimum Gasteiger partial charge on any atom is -0.467 e. The lowest BCUT2D eigenvalue weighted by atomic mass is 9.95. The van der Waals surface area contributed by atoms with Gasteiger partial charge in [0.15, 0.2) is 5.78 Å². The Morgan fingerprint density at radius 3 is 2.70 bits per heavy atom. The number of methoxy groups -OCH3 is 1. The molecule has 0 radical (unpaired) electrons. The summed E-state index contributed by atoms with van der Waals surface area (Å²) in [6, 6.07) is 9.30. The molecule has 2 rings (SSSR count). The number of hydrogen-bond donors (Lipinski definition) is 0. The predicted octanol–water partition coefficient (Wildman–Crippen LogP) is 2.47. The highest BCUT2D eigenvalue weighted by Crippen LogP contribution is 2.31. The Labute approximate surface area is 119 Å². The van der Waals surface area contributed by atoms with E-state index in [9.17, 15) is 9.59 Å². The highest BCUT2D eigenvalue weighted by Gasteiger charge is 2.32. The Morgan fingerprint density at radius 1 is 1.40 bits per heavy atom. The number of carbonyl (C=O) groups excluding carboxylic acids is 2. The fourth-order valence-corrected chi connectivity index (χ4v) is 2.56. The van der Waals surface area contributed by atoms with Gasteiger partial charge in [-0.3, -0.25) is 4.79 Å². The maximum Gasteiger partial charge on any atom is 0.328 e. The van der Waals surface area contributed by atoms with E-state index in [0.29, 0.717) is 12.8 Å². The normalized spacial score (nSPS) is 19.8. The van der Waals surface area contributed by atoms with Crippen LogP contribution in [0.1, 0.15) is 31.4 Å². The topological polar surface area (TPSA) is 46.6 Å². The van der Waals surface area contributed by atoms with Gasteiger partial charge in [-0.15, -0.1) is 0 Å². The van der Waals surface area contributed by atoms with Crippen LogP contribution >= 0.6 is 0 Å². The van der Waals surface area contributed by atoms with Crippen LogP contribution in [-0.2, 0) is 14.3 Å². The smallest absolute Gasteiger partial charge is 0.328 e. The SMILES string of the molecule is CCC(C(=O)OC)N1C=CC(=O)C[C@@H]1c1ccccc1. The molecular formula is C16H19NO3. The maximum atomic E-state index is 11.9. The first-order valence-corrected chi connectivity index (χ1v) is 6.78. The van der Waals surface area contributed by atoms with E-state index < -0.39 is 0 Å². The number of carbonyl (C=O) groups is 2. The first-order chi connectivity index (χ1) is 9.67. The summed E-state index contributed by atoms with van der Waals surface area (Å²) in [7, 11) is 1.39. The van der Waals surface area contributed by atoms with Gasteiger partial charge in [0.25, 0.3) is 0 Å². The minimum absolute atomic E-state index is 0.0785. The first-order valence-electron chi connectivity index (χ1n) is 6.78. The van der Waals surface area contributed by atoms with E-state index >= 15 is 0 Å². The lowest BCUT2D eigenvalue weighted by molar-refractivity contribution is -0.147. The molecule has 4 heteroatoms. The Bertz CT molecular complexity index is 510. The predicted molar refractivity (Wildman–Crippen MR) is 75.9 cm³/mol. The van der Waals surface area contributed by atoms with Crippen molar-refractivity contribution in [2.45, 2.75) is 31.8 Å². The summed E-state index contributed by atoms with van der Waals surface area (Å²) in [4.78, 5) is 25.6. The van der Waals surface area contributed by atoms with Crippen molar-refractivity contribution in [1.82, 2.24) is 4.90 Å². The molecule has 1 aromatic carbocycles. The monoisotopic (exact) mass is 273 g/mol. The molecule has 1 aromatic rings. The number of rotatable bonds is 4. The van der Waals surface area contributed by atoms with E-state index in [1.807, 2.05) is 42.2 Å². The molecule has 1 unspecified atom stereocenters.